The van der Waals surface area contributed by atoms with E-state index in [4.69, 9.17) is 9.47 Å². The largest absolute Gasteiger partial charge is 0.497 e. The summed E-state index contributed by atoms with van der Waals surface area (Å²) in [5.74, 6) is 0.474. The molecule has 4 nitrogen and oxygen atoms in total. The second-order valence-electron chi connectivity index (χ2n) is 4.10. The van der Waals surface area contributed by atoms with Crippen LogP contribution in [0.25, 0.3) is 0 Å². The van der Waals surface area contributed by atoms with Crippen molar-refractivity contribution >= 4 is 18.4 Å². The molecular weight excluding hydrogens is 254 g/mol. The first-order chi connectivity index (χ1) is 8.29. The molecule has 1 atom stereocenters. The molecule has 5 heteroatoms. The minimum atomic E-state index is -0.263. The summed E-state index contributed by atoms with van der Waals surface area (Å²) in [7, 11) is 1.60. The number of piperidine rings is 1. The summed E-state index contributed by atoms with van der Waals surface area (Å²) in [4.78, 5) is 11.8. The minimum Gasteiger partial charge on any atom is -0.497 e. The molecule has 0 radical (unpaired) electrons. The van der Waals surface area contributed by atoms with Crippen molar-refractivity contribution < 1.29 is 14.3 Å². The first kappa shape index (κ1) is 14.8. The fraction of sp³-hybridized carbons (Fsp3) is 0.462. The lowest BCUT2D eigenvalue weighted by Crippen LogP contribution is -2.36. The summed E-state index contributed by atoms with van der Waals surface area (Å²) < 4.78 is 10.4. The summed E-state index contributed by atoms with van der Waals surface area (Å²) in [6.45, 7) is 1.76. The van der Waals surface area contributed by atoms with Gasteiger partial charge in [-0.2, -0.15) is 0 Å². The van der Waals surface area contributed by atoms with E-state index in [1.807, 2.05) is 0 Å². The van der Waals surface area contributed by atoms with E-state index in [1.54, 1.807) is 31.4 Å². The van der Waals surface area contributed by atoms with E-state index in [-0.39, 0.29) is 24.5 Å². The van der Waals surface area contributed by atoms with E-state index in [0.717, 1.165) is 31.7 Å². The zero-order chi connectivity index (χ0) is 12.1. The Morgan fingerprint density at radius 1 is 1.33 bits per heavy atom. The van der Waals surface area contributed by atoms with Gasteiger partial charge in [0.2, 0.25) is 0 Å². The second kappa shape index (κ2) is 7.24. The van der Waals surface area contributed by atoms with E-state index in [0.29, 0.717) is 5.56 Å². The van der Waals surface area contributed by atoms with Crippen LogP contribution < -0.4 is 10.1 Å². The average Bonchev–Trinajstić information content (AvgIpc) is 2.40. The molecule has 0 spiro atoms. The number of esters is 1. The Balaban J connectivity index is 0.00000162. The maximum atomic E-state index is 11.8. The molecule has 1 unspecified atom stereocenters. The molecule has 1 aliphatic heterocycles. The maximum absolute atomic E-state index is 11.8. The third kappa shape index (κ3) is 3.89. The van der Waals surface area contributed by atoms with Crippen molar-refractivity contribution in [2.45, 2.75) is 18.9 Å². The van der Waals surface area contributed by atoms with Gasteiger partial charge in [-0.25, -0.2) is 4.79 Å². The number of carbonyl (C=O) groups is 1. The van der Waals surface area contributed by atoms with Gasteiger partial charge in [0, 0.05) is 6.54 Å². The average molecular weight is 272 g/mol. The third-order valence-electron chi connectivity index (χ3n) is 2.85. The van der Waals surface area contributed by atoms with Crippen LogP contribution in [-0.2, 0) is 4.74 Å². The molecule has 0 bridgehead atoms. The Bertz CT molecular complexity index is 374. The SMILES string of the molecule is COc1ccc(C(=O)OC2CCCNC2)cc1.Cl. The van der Waals surface area contributed by atoms with Gasteiger partial charge in [0.1, 0.15) is 11.9 Å². The number of halogens is 1. The second-order valence-corrected chi connectivity index (χ2v) is 4.10. The van der Waals surface area contributed by atoms with E-state index < -0.39 is 0 Å². The Morgan fingerprint density at radius 2 is 2.06 bits per heavy atom. The highest BCUT2D eigenvalue weighted by molar-refractivity contribution is 5.89. The summed E-state index contributed by atoms with van der Waals surface area (Å²) in [6, 6.07) is 6.96. The van der Waals surface area contributed by atoms with Crippen molar-refractivity contribution in [3.8, 4) is 5.75 Å². The molecule has 1 saturated heterocycles. The van der Waals surface area contributed by atoms with Gasteiger partial charge < -0.3 is 14.8 Å². The maximum Gasteiger partial charge on any atom is 0.338 e. The smallest absolute Gasteiger partial charge is 0.338 e. The highest BCUT2D eigenvalue weighted by Gasteiger charge is 2.18. The molecule has 1 aliphatic rings. The fourth-order valence-corrected chi connectivity index (χ4v) is 1.87. The summed E-state index contributed by atoms with van der Waals surface area (Å²) in [5.41, 5.74) is 0.566. The lowest BCUT2D eigenvalue weighted by Gasteiger charge is -2.22. The molecule has 1 aromatic rings. The van der Waals surface area contributed by atoms with Crippen molar-refractivity contribution in [2.75, 3.05) is 20.2 Å². The van der Waals surface area contributed by atoms with Gasteiger partial charge in [-0.15, -0.1) is 12.4 Å². The lowest BCUT2D eigenvalue weighted by molar-refractivity contribution is 0.0245. The summed E-state index contributed by atoms with van der Waals surface area (Å²) in [5, 5.41) is 3.21. The zero-order valence-electron chi connectivity index (χ0n) is 10.3. The number of nitrogens with one attached hydrogen (secondary N) is 1. The van der Waals surface area contributed by atoms with Crippen LogP contribution in [-0.4, -0.2) is 32.3 Å². The predicted molar refractivity (Wildman–Crippen MR) is 71.5 cm³/mol. The van der Waals surface area contributed by atoms with E-state index in [9.17, 15) is 4.79 Å². The monoisotopic (exact) mass is 271 g/mol. The van der Waals surface area contributed by atoms with Crippen LogP contribution in [0.2, 0.25) is 0 Å². The van der Waals surface area contributed by atoms with Gasteiger partial charge >= 0.3 is 5.97 Å². The number of hydrogen-bond donors (Lipinski definition) is 1. The van der Waals surface area contributed by atoms with Crippen molar-refractivity contribution in [3.05, 3.63) is 29.8 Å². The fourth-order valence-electron chi connectivity index (χ4n) is 1.87. The van der Waals surface area contributed by atoms with E-state index >= 15 is 0 Å². The van der Waals surface area contributed by atoms with Gasteiger partial charge in [0.15, 0.2) is 0 Å². The summed E-state index contributed by atoms with van der Waals surface area (Å²) >= 11 is 0. The number of carbonyl (C=O) groups excluding carboxylic acids is 1. The highest BCUT2D eigenvalue weighted by atomic mass is 35.5. The Labute approximate surface area is 113 Å². The first-order valence-electron chi connectivity index (χ1n) is 5.85. The number of ether oxygens (including phenoxy) is 2. The Kier molecular flexibility index (Phi) is 5.95. The zero-order valence-corrected chi connectivity index (χ0v) is 11.2. The third-order valence-corrected chi connectivity index (χ3v) is 2.85. The van der Waals surface area contributed by atoms with Crippen LogP contribution in [0.3, 0.4) is 0 Å². The van der Waals surface area contributed by atoms with Gasteiger partial charge in [0.05, 0.1) is 12.7 Å². The standard InChI is InChI=1S/C13H17NO3.ClH/c1-16-11-6-4-10(5-7-11)13(15)17-12-3-2-8-14-9-12;/h4-7,12,14H,2-3,8-9H2,1H3;1H. The molecule has 100 valence electrons. The lowest BCUT2D eigenvalue weighted by atomic mass is 10.1. The van der Waals surface area contributed by atoms with Crippen molar-refractivity contribution in [2.24, 2.45) is 0 Å². The molecule has 0 amide bonds. The molecule has 0 saturated carbocycles. The predicted octanol–water partition coefficient (Wildman–Crippen LogP) is 2.03. The van der Waals surface area contributed by atoms with E-state index in [1.165, 1.54) is 0 Å². The normalized spacial score (nSPS) is 18.6. The molecule has 1 aromatic carbocycles. The molecular formula is C13H18ClNO3. The number of methoxy groups -OCH3 is 1. The van der Waals surface area contributed by atoms with Crippen LogP contribution in [0.15, 0.2) is 24.3 Å². The molecule has 18 heavy (non-hydrogen) atoms. The molecule has 1 fully saturated rings. The van der Waals surface area contributed by atoms with E-state index in [2.05, 4.69) is 5.32 Å². The van der Waals surface area contributed by atoms with Crippen LogP contribution >= 0.6 is 12.4 Å². The first-order valence-corrected chi connectivity index (χ1v) is 5.85. The van der Waals surface area contributed by atoms with Crippen LogP contribution in [0.1, 0.15) is 23.2 Å². The van der Waals surface area contributed by atoms with Crippen molar-refractivity contribution in [1.29, 1.82) is 0 Å². The Hall–Kier alpha value is -1.26. The Morgan fingerprint density at radius 3 is 2.61 bits per heavy atom. The number of rotatable bonds is 3. The topological polar surface area (TPSA) is 47.6 Å². The van der Waals surface area contributed by atoms with Crippen molar-refractivity contribution in [3.63, 3.8) is 0 Å². The highest BCUT2D eigenvalue weighted by Crippen LogP contribution is 2.14. The summed E-state index contributed by atoms with van der Waals surface area (Å²) in [6.07, 6.45) is 1.99. The molecule has 0 aliphatic carbocycles. The molecule has 0 aromatic heterocycles. The van der Waals surface area contributed by atoms with Crippen LogP contribution in [0.4, 0.5) is 0 Å². The molecule has 2 rings (SSSR count). The van der Waals surface area contributed by atoms with Crippen molar-refractivity contribution in [1.82, 2.24) is 5.32 Å². The molecule has 1 heterocycles. The number of hydrogen-bond acceptors (Lipinski definition) is 4. The van der Waals surface area contributed by atoms with Crippen LogP contribution in [0, 0.1) is 0 Å². The molecule has 1 N–H and O–H groups in total. The quantitative estimate of drug-likeness (QED) is 0.855. The van der Waals surface area contributed by atoms with Gasteiger partial charge in [0.25, 0.3) is 0 Å². The van der Waals surface area contributed by atoms with Gasteiger partial charge in [-0.1, -0.05) is 0 Å². The number of benzene rings is 1. The minimum absolute atomic E-state index is 0. The van der Waals surface area contributed by atoms with Gasteiger partial charge in [-0.05, 0) is 43.7 Å². The van der Waals surface area contributed by atoms with Crippen LogP contribution in [0.5, 0.6) is 5.75 Å². The van der Waals surface area contributed by atoms with Gasteiger partial charge in [-0.3, -0.25) is 0 Å².